The Kier molecular flexibility index (Phi) is 6.42. The van der Waals surface area contributed by atoms with Gasteiger partial charge in [0.05, 0.1) is 11.7 Å². The molecule has 2 aromatic carbocycles. The molecule has 1 atom stereocenters. The minimum absolute atomic E-state index is 0.100. The number of aliphatic hydroxyl groups is 1. The van der Waals surface area contributed by atoms with Crippen molar-refractivity contribution in [1.29, 1.82) is 0 Å². The molecular weight excluding hydrogens is 366 g/mol. The molecule has 5 heteroatoms. The van der Waals surface area contributed by atoms with Crippen LogP contribution in [0.4, 0.5) is 0 Å². The van der Waals surface area contributed by atoms with E-state index in [2.05, 4.69) is 27.7 Å². The minimum Gasteiger partial charge on any atom is -0.459 e. The van der Waals surface area contributed by atoms with Gasteiger partial charge in [-0.25, -0.2) is 4.79 Å². The van der Waals surface area contributed by atoms with Gasteiger partial charge in [0.15, 0.2) is 0 Å². The maximum Gasteiger partial charge on any atom is 0.338 e. The number of rotatable bonds is 6. The van der Waals surface area contributed by atoms with Crippen LogP contribution in [0.1, 0.15) is 62.6 Å². The van der Waals surface area contributed by atoms with Crippen LogP contribution in [-0.4, -0.2) is 39.9 Å². The Labute approximate surface area is 173 Å². The Bertz CT molecular complexity index is 786. The first kappa shape index (κ1) is 21.5. The van der Waals surface area contributed by atoms with E-state index >= 15 is 0 Å². The van der Waals surface area contributed by atoms with Crippen molar-refractivity contribution in [3.05, 3.63) is 71.8 Å². The van der Waals surface area contributed by atoms with Gasteiger partial charge < -0.3 is 9.84 Å². The van der Waals surface area contributed by atoms with Crippen LogP contribution in [0.2, 0.25) is 0 Å². The zero-order valence-electron chi connectivity index (χ0n) is 17.7. The van der Waals surface area contributed by atoms with E-state index in [1.807, 2.05) is 53.6 Å². The predicted molar refractivity (Wildman–Crippen MR) is 112 cm³/mol. The number of benzene rings is 2. The third-order valence-corrected chi connectivity index (χ3v) is 5.35. The molecule has 0 spiro atoms. The van der Waals surface area contributed by atoms with E-state index in [1.54, 1.807) is 12.1 Å². The molecule has 0 amide bonds. The highest BCUT2D eigenvalue weighted by Crippen LogP contribution is 2.40. The van der Waals surface area contributed by atoms with Crippen LogP contribution < -0.4 is 0 Å². The Hall–Kier alpha value is -2.21. The van der Waals surface area contributed by atoms with Crippen molar-refractivity contribution in [2.24, 2.45) is 0 Å². The summed E-state index contributed by atoms with van der Waals surface area (Å²) in [6.45, 7) is 8.36. The van der Waals surface area contributed by atoms with Crippen molar-refractivity contribution in [2.75, 3.05) is 6.61 Å². The first-order chi connectivity index (χ1) is 13.7. The van der Waals surface area contributed by atoms with Gasteiger partial charge in [-0.05, 0) is 58.2 Å². The standard InChI is InChI=1S/C24H31NO4/c1-23(2)15-20(26)16-24(3,4)25(23)29-21(18-11-7-5-8-12-18)17-28-22(27)19-13-9-6-10-14-19/h5-14,20-21,26H,15-17H2,1-4H3. The highest BCUT2D eigenvalue weighted by Gasteiger charge is 2.47. The molecule has 5 nitrogen and oxygen atoms in total. The number of piperidine rings is 1. The fourth-order valence-corrected chi connectivity index (χ4v) is 4.29. The Morgan fingerprint density at radius 1 is 1.00 bits per heavy atom. The van der Waals surface area contributed by atoms with Crippen LogP contribution in [0.5, 0.6) is 0 Å². The molecule has 1 heterocycles. The Morgan fingerprint density at radius 2 is 1.52 bits per heavy atom. The Balaban J connectivity index is 1.80. The summed E-state index contributed by atoms with van der Waals surface area (Å²) in [4.78, 5) is 18.9. The topological polar surface area (TPSA) is 59.0 Å². The van der Waals surface area contributed by atoms with Gasteiger partial charge in [0.25, 0.3) is 0 Å². The molecule has 1 aliphatic heterocycles. The van der Waals surface area contributed by atoms with Gasteiger partial charge in [0.1, 0.15) is 12.7 Å². The molecular formula is C24H31NO4. The van der Waals surface area contributed by atoms with Gasteiger partial charge in [-0.3, -0.25) is 4.84 Å². The zero-order valence-corrected chi connectivity index (χ0v) is 17.7. The van der Waals surface area contributed by atoms with Crippen LogP contribution in [-0.2, 0) is 9.57 Å². The van der Waals surface area contributed by atoms with Gasteiger partial charge in [0.2, 0.25) is 0 Å². The molecule has 156 valence electrons. The Morgan fingerprint density at radius 3 is 2.07 bits per heavy atom. The largest absolute Gasteiger partial charge is 0.459 e. The lowest BCUT2D eigenvalue weighted by Gasteiger charge is -2.53. The van der Waals surface area contributed by atoms with Crippen molar-refractivity contribution in [1.82, 2.24) is 5.06 Å². The van der Waals surface area contributed by atoms with E-state index < -0.39 is 6.10 Å². The first-order valence-electron chi connectivity index (χ1n) is 10.1. The van der Waals surface area contributed by atoms with E-state index in [9.17, 15) is 9.90 Å². The maximum atomic E-state index is 12.4. The summed E-state index contributed by atoms with van der Waals surface area (Å²) in [5.74, 6) is -0.372. The number of nitrogens with zero attached hydrogens (tertiary/aromatic N) is 1. The van der Waals surface area contributed by atoms with Crippen molar-refractivity contribution < 1.29 is 19.5 Å². The summed E-state index contributed by atoms with van der Waals surface area (Å²) in [5.41, 5.74) is 0.724. The average Bonchev–Trinajstić information content (AvgIpc) is 2.67. The number of ether oxygens (including phenoxy) is 1. The van der Waals surface area contributed by atoms with E-state index in [0.717, 1.165) is 5.56 Å². The lowest BCUT2D eigenvalue weighted by atomic mass is 9.80. The number of hydrogen-bond donors (Lipinski definition) is 1. The highest BCUT2D eigenvalue weighted by molar-refractivity contribution is 5.89. The van der Waals surface area contributed by atoms with Gasteiger partial charge in [-0.2, -0.15) is 5.06 Å². The highest BCUT2D eigenvalue weighted by atomic mass is 16.7. The molecule has 1 unspecified atom stereocenters. The molecule has 1 aliphatic rings. The monoisotopic (exact) mass is 397 g/mol. The van der Waals surface area contributed by atoms with Crippen LogP contribution >= 0.6 is 0 Å². The molecule has 1 fully saturated rings. The van der Waals surface area contributed by atoms with Gasteiger partial charge >= 0.3 is 5.97 Å². The molecule has 0 bridgehead atoms. The number of carbonyl (C=O) groups excluding carboxylic acids is 1. The molecule has 0 aromatic heterocycles. The third kappa shape index (κ3) is 5.24. The van der Waals surface area contributed by atoms with Gasteiger partial charge in [-0.15, -0.1) is 0 Å². The number of esters is 1. The van der Waals surface area contributed by atoms with E-state index in [0.29, 0.717) is 18.4 Å². The summed E-state index contributed by atoms with van der Waals surface area (Å²) in [6.07, 6.45) is 0.410. The third-order valence-electron chi connectivity index (χ3n) is 5.35. The molecule has 3 rings (SSSR count). The minimum atomic E-state index is -0.447. The van der Waals surface area contributed by atoms with Crippen molar-refractivity contribution in [3.63, 3.8) is 0 Å². The summed E-state index contributed by atoms with van der Waals surface area (Å²) in [5, 5.41) is 12.3. The van der Waals surface area contributed by atoms with Gasteiger partial charge in [0, 0.05) is 11.1 Å². The van der Waals surface area contributed by atoms with Crippen LogP contribution in [0.3, 0.4) is 0 Å². The van der Waals surface area contributed by atoms with E-state index in [4.69, 9.17) is 9.57 Å². The van der Waals surface area contributed by atoms with Crippen molar-refractivity contribution in [2.45, 2.75) is 63.8 Å². The molecule has 0 saturated carbocycles. The van der Waals surface area contributed by atoms with Crippen LogP contribution in [0, 0.1) is 0 Å². The van der Waals surface area contributed by atoms with Gasteiger partial charge in [-0.1, -0.05) is 48.5 Å². The molecule has 29 heavy (non-hydrogen) atoms. The normalized spacial score (nSPS) is 20.2. The van der Waals surface area contributed by atoms with Crippen molar-refractivity contribution in [3.8, 4) is 0 Å². The quantitative estimate of drug-likeness (QED) is 0.726. The smallest absolute Gasteiger partial charge is 0.338 e. The zero-order chi connectivity index (χ0) is 21.1. The van der Waals surface area contributed by atoms with E-state index in [1.165, 1.54) is 0 Å². The van der Waals surface area contributed by atoms with Crippen LogP contribution in [0.25, 0.3) is 0 Å². The number of hydroxylamine groups is 2. The predicted octanol–water partition coefficient (Wildman–Crippen LogP) is 4.53. The average molecular weight is 398 g/mol. The fraction of sp³-hybridized carbons (Fsp3) is 0.458. The molecule has 0 aliphatic carbocycles. The molecule has 2 aromatic rings. The van der Waals surface area contributed by atoms with Crippen molar-refractivity contribution >= 4 is 5.97 Å². The fourth-order valence-electron chi connectivity index (χ4n) is 4.29. The molecule has 1 saturated heterocycles. The van der Waals surface area contributed by atoms with E-state index in [-0.39, 0.29) is 29.8 Å². The molecule has 1 N–H and O–H groups in total. The van der Waals surface area contributed by atoms with Crippen LogP contribution in [0.15, 0.2) is 60.7 Å². The lowest BCUT2D eigenvalue weighted by Crippen LogP contribution is -2.61. The second kappa shape index (κ2) is 8.66. The summed E-state index contributed by atoms with van der Waals surface area (Å²) < 4.78 is 5.60. The maximum absolute atomic E-state index is 12.4. The summed E-state index contributed by atoms with van der Waals surface area (Å²) in [6, 6.07) is 18.7. The SMILES string of the molecule is CC1(C)CC(O)CC(C)(C)N1OC(COC(=O)c1ccccc1)c1ccccc1. The number of hydrogen-bond acceptors (Lipinski definition) is 5. The number of aliphatic hydroxyl groups excluding tert-OH is 1. The second-order valence-electron chi connectivity index (χ2n) is 8.95. The summed E-state index contributed by atoms with van der Waals surface area (Å²) in [7, 11) is 0. The number of carbonyl (C=O) groups is 1. The lowest BCUT2D eigenvalue weighted by molar-refractivity contribution is -0.320. The first-order valence-corrected chi connectivity index (χ1v) is 10.1. The second-order valence-corrected chi connectivity index (χ2v) is 8.95. The molecule has 0 radical (unpaired) electrons. The summed E-state index contributed by atoms with van der Waals surface area (Å²) >= 11 is 0.